The van der Waals surface area contributed by atoms with Gasteiger partial charge in [0.2, 0.25) is 0 Å². The molecular formula is C26H50O3. The monoisotopic (exact) mass is 410 g/mol. The van der Waals surface area contributed by atoms with Crippen LogP contribution in [0.15, 0.2) is 25.3 Å². The highest BCUT2D eigenvalue weighted by atomic mass is 16.6. The first-order valence-electron chi connectivity index (χ1n) is 12.1. The van der Waals surface area contributed by atoms with Crippen LogP contribution in [0.5, 0.6) is 0 Å². The summed E-state index contributed by atoms with van der Waals surface area (Å²) in [6.45, 7) is 8.94. The van der Waals surface area contributed by atoms with Gasteiger partial charge in [0.05, 0.1) is 25.4 Å². The van der Waals surface area contributed by atoms with Crippen LogP contribution in [-0.4, -0.2) is 39.6 Å². The molecule has 2 atom stereocenters. The molecule has 0 aliphatic heterocycles. The maximum Gasteiger partial charge on any atom is 0.0813 e. The zero-order valence-electron chi connectivity index (χ0n) is 19.7. The van der Waals surface area contributed by atoms with Gasteiger partial charge in [0.25, 0.3) is 0 Å². The highest BCUT2D eigenvalue weighted by Gasteiger charge is 2.16. The second kappa shape index (κ2) is 23.6. The van der Waals surface area contributed by atoms with Crippen molar-refractivity contribution >= 4 is 0 Å². The van der Waals surface area contributed by atoms with E-state index in [4.69, 9.17) is 14.2 Å². The van der Waals surface area contributed by atoms with Gasteiger partial charge in [-0.15, -0.1) is 13.2 Å². The zero-order chi connectivity index (χ0) is 21.4. The third-order valence-corrected chi connectivity index (χ3v) is 5.46. The molecule has 0 aromatic rings. The molecule has 0 rings (SSSR count). The molecule has 0 heterocycles. The minimum absolute atomic E-state index is 0.194. The van der Waals surface area contributed by atoms with Gasteiger partial charge in [0, 0.05) is 14.2 Å². The fourth-order valence-corrected chi connectivity index (χ4v) is 3.76. The summed E-state index contributed by atoms with van der Waals surface area (Å²) in [6.07, 6.45) is 24.5. The van der Waals surface area contributed by atoms with Crippen molar-refractivity contribution in [2.24, 2.45) is 0 Å². The molecule has 2 unspecified atom stereocenters. The second-order valence-electron chi connectivity index (χ2n) is 8.27. The first-order chi connectivity index (χ1) is 14.3. The average Bonchev–Trinajstić information content (AvgIpc) is 2.72. The fourth-order valence-electron chi connectivity index (χ4n) is 3.76. The molecule has 0 bridgehead atoms. The fraction of sp³-hybridized carbons (Fsp3) is 0.846. The number of unbranched alkanes of at least 4 members (excludes halogenated alkanes) is 12. The van der Waals surface area contributed by atoms with Crippen molar-refractivity contribution in [2.45, 2.75) is 115 Å². The Morgan fingerprint density at radius 3 is 1.24 bits per heavy atom. The van der Waals surface area contributed by atoms with Crippen molar-refractivity contribution in [3.05, 3.63) is 25.3 Å². The summed E-state index contributed by atoms with van der Waals surface area (Å²) in [7, 11) is 3.54. The molecule has 0 spiro atoms. The predicted octanol–water partition coefficient (Wildman–Crippen LogP) is 7.65. The van der Waals surface area contributed by atoms with E-state index >= 15 is 0 Å². The Bertz CT molecular complexity index is 311. The summed E-state index contributed by atoms with van der Waals surface area (Å²) in [5.41, 5.74) is 0. The smallest absolute Gasteiger partial charge is 0.0813 e. The summed E-state index contributed by atoms with van der Waals surface area (Å²) in [5.74, 6) is 0. The minimum Gasteiger partial charge on any atom is -0.382 e. The molecule has 29 heavy (non-hydrogen) atoms. The van der Waals surface area contributed by atoms with E-state index in [2.05, 4.69) is 13.2 Å². The summed E-state index contributed by atoms with van der Waals surface area (Å²) < 4.78 is 17.2. The van der Waals surface area contributed by atoms with Crippen molar-refractivity contribution in [1.82, 2.24) is 0 Å². The number of hydrogen-bond acceptors (Lipinski definition) is 3. The maximum absolute atomic E-state index is 6.38. The number of ether oxygens (including phenoxy) is 3. The lowest BCUT2D eigenvalue weighted by atomic mass is 10.0. The number of methoxy groups -OCH3 is 2. The van der Waals surface area contributed by atoms with Crippen molar-refractivity contribution in [3.8, 4) is 0 Å². The molecule has 0 aromatic carbocycles. The minimum atomic E-state index is 0.194. The molecule has 0 saturated carbocycles. The molecule has 0 N–H and O–H groups in total. The van der Waals surface area contributed by atoms with E-state index in [1.54, 1.807) is 14.2 Å². The van der Waals surface area contributed by atoms with Gasteiger partial charge in [0.15, 0.2) is 0 Å². The molecule has 3 nitrogen and oxygen atoms in total. The van der Waals surface area contributed by atoms with E-state index in [9.17, 15) is 0 Å². The molecule has 0 radical (unpaired) electrons. The first kappa shape index (κ1) is 28.4. The van der Waals surface area contributed by atoms with E-state index in [1.807, 2.05) is 12.2 Å². The van der Waals surface area contributed by atoms with E-state index < -0.39 is 0 Å². The predicted molar refractivity (Wildman–Crippen MR) is 127 cm³/mol. The van der Waals surface area contributed by atoms with E-state index in [1.165, 1.54) is 77.0 Å². The highest BCUT2D eigenvalue weighted by Crippen LogP contribution is 2.17. The molecule has 0 amide bonds. The molecule has 0 aliphatic rings. The quantitative estimate of drug-likeness (QED) is 0.121. The number of hydrogen-bond donors (Lipinski definition) is 0. The second-order valence-corrected chi connectivity index (χ2v) is 8.27. The van der Waals surface area contributed by atoms with Crippen LogP contribution in [0.2, 0.25) is 0 Å². The van der Waals surface area contributed by atoms with Crippen LogP contribution < -0.4 is 0 Å². The molecule has 0 fully saturated rings. The number of allylic oxidation sites excluding steroid dienone is 2. The van der Waals surface area contributed by atoms with Crippen LogP contribution in [0.3, 0.4) is 0 Å². The van der Waals surface area contributed by atoms with Crippen molar-refractivity contribution < 1.29 is 14.2 Å². The Hall–Kier alpha value is -0.640. The standard InChI is InChI=1S/C26H50O3/c1-5-7-9-11-13-15-17-19-21-25(23-27-3)29-26(24-28-4)22-20-18-16-14-12-10-8-6-2/h5-6,25-26H,1-2,7-24H2,3-4H3. The van der Waals surface area contributed by atoms with Gasteiger partial charge in [0.1, 0.15) is 0 Å². The Labute approximate surface area is 182 Å². The van der Waals surface area contributed by atoms with Crippen LogP contribution in [0, 0.1) is 0 Å². The third kappa shape index (κ3) is 20.4. The van der Waals surface area contributed by atoms with Crippen LogP contribution in [0.1, 0.15) is 103 Å². The SMILES string of the molecule is C=CCCCCCCCCC(COC)OC(CCCCCCCCC=C)COC. The van der Waals surface area contributed by atoms with Gasteiger partial charge in [-0.25, -0.2) is 0 Å². The maximum atomic E-state index is 6.38. The van der Waals surface area contributed by atoms with E-state index in [-0.39, 0.29) is 12.2 Å². The van der Waals surface area contributed by atoms with Gasteiger partial charge in [-0.1, -0.05) is 76.4 Å². The van der Waals surface area contributed by atoms with Crippen molar-refractivity contribution in [1.29, 1.82) is 0 Å². The van der Waals surface area contributed by atoms with Crippen LogP contribution >= 0.6 is 0 Å². The Morgan fingerprint density at radius 2 is 0.897 bits per heavy atom. The van der Waals surface area contributed by atoms with Gasteiger partial charge in [-0.05, 0) is 38.5 Å². The van der Waals surface area contributed by atoms with Gasteiger partial charge >= 0.3 is 0 Å². The normalized spacial score (nSPS) is 13.3. The average molecular weight is 411 g/mol. The lowest BCUT2D eigenvalue weighted by Gasteiger charge is -2.24. The molecule has 0 aliphatic carbocycles. The molecule has 0 aromatic heterocycles. The van der Waals surface area contributed by atoms with Crippen LogP contribution in [-0.2, 0) is 14.2 Å². The topological polar surface area (TPSA) is 27.7 Å². The lowest BCUT2D eigenvalue weighted by molar-refractivity contribution is -0.0802. The lowest BCUT2D eigenvalue weighted by Crippen LogP contribution is -2.29. The van der Waals surface area contributed by atoms with Gasteiger partial charge in [-0.2, -0.15) is 0 Å². The Morgan fingerprint density at radius 1 is 0.552 bits per heavy atom. The van der Waals surface area contributed by atoms with Crippen molar-refractivity contribution in [3.63, 3.8) is 0 Å². The van der Waals surface area contributed by atoms with Crippen LogP contribution in [0.25, 0.3) is 0 Å². The molecule has 3 heteroatoms. The summed E-state index contributed by atoms with van der Waals surface area (Å²) in [6, 6.07) is 0. The highest BCUT2D eigenvalue weighted by molar-refractivity contribution is 4.67. The largest absolute Gasteiger partial charge is 0.382 e. The third-order valence-electron chi connectivity index (χ3n) is 5.46. The zero-order valence-corrected chi connectivity index (χ0v) is 19.7. The molecule has 0 saturated heterocycles. The van der Waals surface area contributed by atoms with Gasteiger partial charge in [-0.3, -0.25) is 0 Å². The van der Waals surface area contributed by atoms with Crippen LogP contribution in [0.4, 0.5) is 0 Å². The summed E-state index contributed by atoms with van der Waals surface area (Å²) in [5, 5.41) is 0. The van der Waals surface area contributed by atoms with Gasteiger partial charge < -0.3 is 14.2 Å². The molecular weight excluding hydrogens is 360 g/mol. The summed E-state index contributed by atoms with van der Waals surface area (Å²) in [4.78, 5) is 0. The summed E-state index contributed by atoms with van der Waals surface area (Å²) >= 11 is 0. The van der Waals surface area contributed by atoms with E-state index in [0.29, 0.717) is 13.2 Å². The Balaban J connectivity index is 3.94. The van der Waals surface area contributed by atoms with E-state index in [0.717, 1.165) is 25.7 Å². The van der Waals surface area contributed by atoms with Crippen molar-refractivity contribution in [2.75, 3.05) is 27.4 Å². The number of rotatable bonds is 24. The first-order valence-corrected chi connectivity index (χ1v) is 12.1. The molecule has 172 valence electrons. The Kier molecular flexibility index (Phi) is 23.1.